The van der Waals surface area contributed by atoms with Gasteiger partial charge in [-0.05, 0) is 142 Å². The zero-order valence-electron chi connectivity index (χ0n) is 64.6. The molecule has 1 aliphatic heterocycles. The number of hydrogen-bond acceptors (Lipinski definition) is 14. The van der Waals surface area contributed by atoms with Crippen molar-refractivity contribution < 1.29 is 58.3 Å². The maximum absolute atomic E-state index is 12.1. The van der Waals surface area contributed by atoms with Gasteiger partial charge in [-0.25, -0.2) is 4.99 Å². The molecule has 0 amide bonds. The fraction of sp³-hybridized carbons (Fsp3) is 0.129. The molecule has 0 atom stereocenters. The van der Waals surface area contributed by atoms with Crippen LogP contribution in [0.4, 0.5) is 0 Å². The number of rotatable bonds is 20. The first-order chi connectivity index (χ1) is 55.9. The van der Waals surface area contributed by atoms with E-state index in [1.54, 1.807) is 36.4 Å². The minimum atomic E-state index is -0.00839. The number of isothiocyanates is 1. The third kappa shape index (κ3) is 39.3. The first kappa shape index (κ1) is 99.9. The number of ketones is 5. The first-order valence-electron chi connectivity index (χ1n) is 35.6. The van der Waals surface area contributed by atoms with Crippen molar-refractivity contribution in [1.29, 1.82) is 0 Å². The number of halogens is 3. The predicted molar refractivity (Wildman–Crippen MR) is 486 cm³/mol. The minimum Gasteiger partial charge on any atom is -0.381 e. The van der Waals surface area contributed by atoms with Gasteiger partial charge in [0.05, 0.1) is 28.4 Å². The molecule has 1 aliphatic rings. The Morgan fingerprint density at radius 1 is 0.440 bits per heavy atom. The molecule has 0 radical (unpaired) electrons. The van der Waals surface area contributed by atoms with Gasteiger partial charge in [-0.15, -0.1) is 0 Å². The van der Waals surface area contributed by atoms with Gasteiger partial charge in [-0.3, -0.25) is 28.9 Å². The summed E-state index contributed by atoms with van der Waals surface area (Å²) in [6, 6.07) is 102. The normalized spacial score (nSPS) is 10.0. The quantitative estimate of drug-likeness (QED) is 0.0109. The van der Waals surface area contributed by atoms with Crippen molar-refractivity contribution in [2.24, 2.45) is 15.8 Å². The van der Waals surface area contributed by atoms with Gasteiger partial charge in [0.25, 0.3) is 0 Å². The second-order valence-corrected chi connectivity index (χ2v) is 27.5. The molecule has 2 N–H and O–H groups in total. The molecule has 0 aromatic heterocycles. The number of hydrogen-bond donors (Lipinski definition) is 1. The van der Waals surface area contributed by atoms with Crippen molar-refractivity contribution >= 4 is 128 Å². The molecule has 1 saturated heterocycles. The summed E-state index contributed by atoms with van der Waals surface area (Å²) in [5, 5.41) is 6.60. The molecule has 1 heterocycles. The number of aliphatic imine (C=N–C) groups is 1. The van der Waals surface area contributed by atoms with Gasteiger partial charge < -0.3 is 26.4 Å². The molecule has 0 bridgehead atoms. The average Bonchev–Trinajstić information content (AvgIpc) is 0.889. The van der Waals surface area contributed by atoms with Crippen molar-refractivity contribution in [2.45, 2.75) is 51.3 Å². The molecular weight excluding hydrogens is 1640 g/mol. The van der Waals surface area contributed by atoms with E-state index in [1.807, 2.05) is 266 Å². The van der Waals surface area contributed by atoms with Crippen molar-refractivity contribution in [3.8, 4) is 0 Å². The van der Waals surface area contributed by atoms with E-state index in [4.69, 9.17) is 27.1 Å². The summed E-state index contributed by atoms with van der Waals surface area (Å²) in [7, 11) is 14.2. The van der Waals surface area contributed by atoms with Gasteiger partial charge in [0, 0.05) is 96.5 Å². The van der Waals surface area contributed by atoms with E-state index in [1.165, 1.54) is 45.6 Å². The van der Waals surface area contributed by atoms with Crippen LogP contribution in [0.1, 0.15) is 137 Å². The van der Waals surface area contributed by atoms with Crippen molar-refractivity contribution in [3.63, 3.8) is 0 Å². The molecule has 1 fully saturated rings. The smallest absolute Gasteiger partial charge is 0.381 e. The van der Waals surface area contributed by atoms with E-state index in [9.17, 15) is 24.0 Å². The first-order valence-corrected chi connectivity index (χ1v) is 40.4. The zero-order valence-corrected chi connectivity index (χ0v) is 73.0. The largest absolute Gasteiger partial charge is 1.00 e. The van der Waals surface area contributed by atoms with Crippen LogP contribution in [0, 0.1) is 6.92 Å². The van der Waals surface area contributed by atoms with Crippen molar-refractivity contribution in [2.75, 3.05) is 27.3 Å². The van der Waals surface area contributed by atoms with E-state index >= 15 is 0 Å². The Kier molecular flexibility index (Phi) is 52.6. The molecule has 0 unspecified atom stereocenters. The van der Waals surface area contributed by atoms with Gasteiger partial charge in [0.1, 0.15) is 0 Å². The molecule has 0 spiro atoms. The van der Waals surface area contributed by atoms with E-state index in [2.05, 4.69) is 156 Å². The van der Waals surface area contributed by atoms with Crippen LogP contribution in [0.25, 0.3) is 32.0 Å². The number of carbonyl (C=O) groups is 5. The fourth-order valence-corrected chi connectivity index (χ4v) is 10.7. The Bertz CT molecular complexity index is 4810. The average molecular weight is 1730 g/mol. The fourth-order valence-electron chi connectivity index (χ4n) is 10.3. The van der Waals surface area contributed by atoms with Crippen LogP contribution in [0.2, 0.25) is 0 Å². The summed E-state index contributed by atoms with van der Waals surface area (Å²) >= 11 is 15.8. The van der Waals surface area contributed by atoms with E-state index in [-0.39, 0.29) is 58.5 Å². The second kappa shape index (κ2) is 61.1. The van der Waals surface area contributed by atoms with Gasteiger partial charge in [-0.1, -0.05) is 361 Å². The standard InChI is InChI=1S/C17H19N.C15H11NOS.C14H11BrO.C14H11N3O.C14H13NO.C14H12O.C4H8O.CS2.Cl2S.N3.Na/c1-14(16-7-5-4-6-8-16)17-11-9-15(10-12-17)13-18(2)3;17-15(13-4-2-1-3-5-13)14-8-6-12(7-9-14)10-16-11-18;15-10-11-6-8-13(9-7-11)14(16)12-4-2-1-3-5-12;15-17-16-10-11-6-8-13(9-7-11)14(18)12-4-2-1-3-5-12;15-10-11-6-8-13(9-7-11)14(16)12-4-2-1-3-5-12;1-11-7-9-13(10-8-11)14(15)12-5-3-2-4-6-12;1-2-4-5-3-1;2-1-3;2*1-3-2;/h4-12H,1,13H2,2-3H3;1-9H,10H2;1-9H,10H2;1-9H,10H2;1-9H,10,15H2;2-10H,1H3;1-4H2;;;;/q;;;;;;;;;-1;+1. The number of nitrogens with zero attached hydrogens (tertiary/aromatic N) is 8. The number of azide groups is 1. The predicted octanol–water partition coefficient (Wildman–Crippen LogP) is 22.2. The van der Waals surface area contributed by atoms with Crippen LogP contribution in [0.3, 0.4) is 0 Å². The molecule has 12 aromatic rings. The van der Waals surface area contributed by atoms with Crippen LogP contribution in [-0.4, -0.2) is 70.6 Å². The van der Waals surface area contributed by atoms with Crippen molar-refractivity contribution in [1.82, 2.24) is 4.90 Å². The van der Waals surface area contributed by atoms with E-state index < -0.39 is 0 Å². The molecule has 0 saturated carbocycles. The van der Waals surface area contributed by atoms with Crippen molar-refractivity contribution in [3.05, 3.63) is 461 Å². The van der Waals surface area contributed by atoms with E-state index in [0.717, 1.165) is 69.6 Å². The third-order valence-electron chi connectivity index (χ3n) is 16.1. The Hall–Kier alpha value is -10.3. The third-order valence-corrected chi connectivity index (χ3v) is 16.9. The van der Waals surface area contributed by atoms with Crippen LogP contribution in [0.5, 0.6) is 0 Å². The molecule has 13 rings (SSSR count). The number of carbonyl (C=O) groups excluding carboxylic acids is 5. The maximum Gasteiger partial charge on any atom is 1.00 e. The second-order valence-electron chi connectivity index (χ2n) is 24.6. The molecule has 15 nitrogen and oxygen atoms in total. The topological polar surface area (TPSA) is 244 Å². The SMILES string of the molecule is C1CCOC1.C=C(c1ccccc1)c1ccc(CN(C)C)cc1.Cc1ccc(C(=O)c2ccccc2)cc1.ClSCl.NCc1ccc(C(=O)c2ccccc2)cc1.O=C(c1ccccc1)c1ccc(CBr)cc1.O=C(c1ccccc1)c1ccc(CN=C=S)cc1.S=C=S.[N-]=[N+]=NCc1ccc(C(=O)c2ccccc2)cc1.[N-]=[N+]=[N-].[Na+]. The van der Waals surface area contributed by atoms with Crippen LogP contribution < -0.4 is 35.3 Å². The number of aryl methyl sites for hydroxylation is 1. The number of nitrogens with two attached hydrogens (primary N) is 1. The Balaban J connectivity index is 0.000000348. The van der Waals surface area contributed by atoms with Crippen LogP contribution in [0.15, 0.2) is 344 Å². The molecule has 12 aromatic carbocycles. The van der Waals surface area contributed by atoms with Gasteiger partial charge in [-0.2, -0.15) is 0 Å². The zero-order chi connectivity index (χ0) is 83.6. The summed E-state index contributed by atoms with van der Waals surface area (Å²) in [5.41, 5.74) is 44.3. The monoisotopic (exact) mass is 1720 g/mol. The summed E-state index contributed by atoms with van der Waals surface area (Å²) < 4.78 is 6.86. The summed E-state index contributed by atoms with van der Waals surface area (Å²) in [5.74, 6) is 0.216. The van der Waals surface area contributed by atoms with E-state index in [0.29, 0.717) is 63.2 Å². The molecule has 584 valence electrons. The summed E-state index contributed by atoms with van der Waals surface area (Å²) in [4.78, 5) is 70.4. The number of benzene rings is 12. The van der Waals surface area contributed by atoms with Crippen LogP contribution >= 0.6 is 84.1 Å². The number of thiocarbonyl (C=S) groups is 3. The Morgan fingerprint density at radius 2 is 0.681 bits per heavy atom. The number of ether oxygens (including phenoxy) is 1. The summed E-state index contributed by atoms with van der Waals surface area (Å²) in [6.07, 6.45) is 2.56. The molecule has 23 heteroatoms. The Morgan fingerprint density at radius 3 is 0.940 bits per heavy atom. The molecule has 116 heavy (non-hydrogen) atoms. The minimum absolute atomic E-state index is 0. The summed E-state index contributed by atoms with van der Waals surface area (Å²) in [6.45, 7) is 10.5. The van der Waals surface area contributed by atoms with Gasteiger partial charge in [0.2, 0.25) is 0 Å². The van der Waals surface area contributed by atoms with Crippen LogP contribution in [-0.2, 0) is 36.2 Å². The molecular formula is C93H85BrCl2N9NaO6S4. The maximum atomic E-state index is 12.1. The van der Waals surface area contributed by atoms with Gasteiger partial charge >= 0.3 is 29.6 Å². The Labute approximate surface area is 739 Å². The molecule has 0 aliphatic carbocycles. The number of alkyl halides is 1. The van der Waals surface area contributed by atoms with Gasteiger partial charge in [0.15, 0.2) is 28.9 Å².